The van der Waals surface area contributed by atoms with Crippen LogP contribution in [0.4, 0.5) is 0 Å². The Bertz CT molecular complexity index is 659. The molecule has 6 heteroatoms. The van der Waals surface area contributed by atoms with Crippen molar-refractivity contribution in [3.63, 3.8) is 0 Å². The molecule has 1 aromatic rings. The van der Waals surface area contributed by atoms with E-state index in [9.17, 15) is 14.7 Å². The van der Waals surface area contributed by atoms with E-state index < -0.39 is 24.0 Å². The number of hydrogen-bond acceptors (Lipinski definition) is 5. The van der Waals surface area contributed by atoms with Gasteiger partial charge in [0, 0.05) is 18.2 Å². The SMILES string of the molecule is CCCCCCCCCC#Cc1ccc(C(O)C(NC(C)=O)C(=O)OCC)s1. The molecule has 0 aliphatic rings. The van der Waals surface area contributed by atoms with Gasteiger partial charge in [0.05, 0.1) is 11.5 Å². The maximum atomic E-state index is 12.0. The maximum absolute atomic E-state index is 12.0. The van der Waals surface area contributed by atoms with Crippen molar-refractivity contribution < 1.29 is 19.4 Å². The van der Waals surface area contributed by atoms with Gasteiger partial charge in [-0.15, -0.1) is 11.3 Å². The zero-order chi connectivity index (χ0) is 20.8. The van der Waals surface area contributed by atoms with Crippen molar-refractivity contribution in [1.29, 1.82) is 0 Å². The molecule has 0 saturated carbocycles. The first-order valence-corrected chi connectivity index (χ1v) is 11.0. The van der Waals surface area contributed by atoms with E-state index in [4.69, 9.17) is 4.74 Å². The average Bonchev–Trinajstić information content (AvgIpc) is 3.13. The van der Waals surface area contributed by atoms with E-state index in [-0.39, 0.29) is 6.61 Å². The Balaban J connectivity index is 2.53. The van der Waals surface area contributed by atoms with Crippen molar-refractivity contribution in [1.82, 2.24) is 5.32 Å². The minimum Gasteiger partial charge on any atom is -0.464 e. The summed E-state index contributed by atoms with van der Waals surface area (Å²) in [5, 5.41) is 13.0. The molecule has 156 valence electrons. The van der Waals surface area contributed by atoms with Gasteiger partial charge in [-0.3, -0.25) is 4.79 Å². The molecular formula is C22H33NO4S. The van der Waals surface area contributed by atoms with Gasteiger partial charge >= 0.3 is 5.97 Å². The molecule has 0 radical (unpaired) electrons. The number of aliphatic hydroxyl groups excluding tert-OH is 1. The number of hydrogen-bond donors (Lipinski definition) is 2. The molecule has 2 unspecified atom stereocenters. The van der Waals surface area contributed by atoms with Gasteiger partial charge in [-0.2, -0.15) is 0 Å². The molecule has 2 N–H and O–H groups in total. The van der Waals surface area contributed by atoms with Gasteiger partial charge in [0.25, 0.3) is 0 Å². The molecule has 28 heavy (non-hydrogen) atoms. The Hall–Kier alpha value is -1.84. The predicted molar refractivity (Wildman–Crippen MR) is 113 cm³/mol. The van der Waals surface area contributed by atoms with Crippen molar-refractivity contribution in [3.8, 4) is 11.8 Å². The molecule has 1 heterocycles. The summed E-state index contributed by atoms with van der Waals surface area (Å²) < 4.78 is 4.95. The van der Waals surface area contributed by atoms with E-state index in [1.54, 1.807) is 13.0 Å². The van der Waals surface area contributed by atoms with Crippen molar-refractivity contribution in [3.05, 3.63) is 21.9 Å². The molecule has 1 amide bonds. The minimum atomic E-state index is -1.16. The number of amides is 1. The van der Waals surface area contributed by atoms with Crippen LogP contribution in [0.25, 0.3) is 0 Å². The Morgan fingerprint density at radius 3 is 2.46 bits per heavy atom. The lowest BCUT2D eigenvalue weighted by Gasteiger charge is -2.20. The van der Waals surface area contributed by atoms with E-state index in [1.165, 1.54) is 56.8 Å². The van der Waals surface area contributed by atoms with Crippen LogP contribution in [-0.4, -0.2) is 29.6 Å². The summed E-state index contributed by atoms with van der Waals surface area (Å²) in [5.41, 5.74) is 0. The molecule has 1 aromatic heterocycles. The van der Waals surface area contributed by atoms with Gasteiger partial charge in [0.2, 0.25) is 5.91 Å². The summed E-state index contributed by atoms with van der Waals surface area (Å²) in [6.07, 6.45) is 8.53. The third-order valence-corrected chi connectivity index (χ3v) is 5.32. The lowest BCUT2D eigenvalue weighted by atomic mass is 10.1. The molecule has 1 rings (SSSR count). The van der Waals surface area contributed by atoms with E-state index in [0.29, 0.717) is 4.88 Å². The van der Waals surface area contributed by atoms with Crippen LogP contribution < -0.4 is 5.32 Å². The normalized spacial score (nSPS) is 12.6. The second-order valence-electron chi connectivity index (χ2n) is 6.75. The number of rotatable bonds is 12. The van der Waals surface area contributed by atoms with Crippen LogP contribution >= 0.6 is 11.3 Å². The molecule has 5 nitrogen and oxygen atoms in total. The van der Waals surface area contributed by atoms with Crippen LogP contribution in [0.2, 0.25) is 0 Å². The lowest BCUT2D eigenvalue weighted by Crippen LogP contribution is -2.44. The third kappa shape index (κ3) is 9.38. The Morgan fingerprint density at radius 2 is 1.82 bits per heavy atom. The highest BCUT2D eigenvalue weighted by atomic mass is 32.1. The van der Waals surface area contributed by atoms with Crippen molar-refractivity contribution in [2.45, 2.75) is 84.3 Å². The van der Waals surface area contributed by atoms with Gasteiger partial charge in [-0.05, 0) is 25.5 Å². The molecule has 2 atom stereocenters. The van der Waals surface area contributed by atoms with Crippen LogP contribution in [-0.2, 0) is 14.3 Å². The predicted octanol–water partition coefficient (Wildman–Crippen LogP) is 4.34. The molecule has 0 fully saturated rings. The number of thiophene rings is 1. The monoisotopic (exact) mass is 407 g/mol. The number of ether oxygens (including phenoxy) is 1. The van der Waals surface area contributed by atoms with Crippen LogP contribution in [0.1, 0.15) is 88.0 Å². The first kappa shape index (κ1) is 24.2. The highest BCUT2D eigenvalue weighted by Gasteiger charge is 2.31. The van der Waals surface area contributed by atoms with Crippen molar-refractivity contribution in [2.75, 3.05) is 6.61 Å². The fraction of sp³-hybridized carbons (Fsp3) is 0.636. The van der Waals surface area contributed by atoms with E-state index in [2.05, 4.69) is 24.1 Å². The quantitative estimate of drug-likeness (QED) is 0.307. The van der Waals surface area contributed by atoms with E-state index >= 15 is 0 Å². The standard InChI is InChI=1S/C22H33NO4S/c1-4-6-7-8-9-10-11-12-13-14-18-15-16-19(28-18)21(25)20(23-17(3)24)22(26)27-5-2/h15-16,20-21,25H,4-12H2,1-3H3,(H,23,24). The molecular weight excluding hydrogens is 374 g/mol. The molecule has 0 bridgehead atoms. The van der Waals surface area contributed by atoms with Crippen LogP contribution in [0.5, 0.6) is 0 Å². The molecule has 0 spiro atoms. The zero-order valence-corrected chi connectivity index (χ0v) is 18.1. The fourth-order valence-corrected chi connectivity index (χ4v) is 3.69. The summed E-state index contributed by atoms with van der Waals surface area (Å²) >= 11 is 1.33. The smallest absolute Gasteiger partial charge is 0.331 e. The summed E-state index contributed by atoms with van der Waals surface area (Å²) in [5.74, 6) is 5.25. The number of esters is 1. The van der Waals surface area contributed by atoms with Crippen molar-refractivity contribution >= 4 is 23.2 Å². The second-order valence-corrected chi connectivity index (χ2v) is 7.87. The topological polar surface area (TPSA) is 75.6 Å². The van der Waals surface area contributed by atoms with E-state index in [0.717, 1.165) is 17.7 Å². The zero-order valence-electron chi connectivity index (χ0n) is 17.3. The minimum absolute atomic E-state index is 0.182. The maximum Gasteiger partial charge on any atom is 0.331 e. The summed E-state index contributed by atoms with van der Waals surface area (Å²) in [7, 11) is 0. The average molecular weight is 408 g/mol. The number of unbranched alkanes of at least 4 members (excludes halogenated alkanes) is 7. The van der Waals surface area contributed by atoms with Crippen molar-refractivity contribution in [2.24, 2.45) is 0 Å². The van der Waals surface area contributed by atoms with Gasteiger partial charge < -0.3 is 15.2 Å². The molecule has 0 aliphatic carbocycles. The third-order valence-electron chi connectivity index (χ3n) is 4.25. The second kappa shape index (κ2) is 14.2. The molecule has 0 aliphatic heterocycles. The Labute approximate surface area is 172 Å². The Morgan fingerprint density at radius 1 is 1.14 bits per heavy atom. The lowest BCUT2D eigenvalue weighted by molar-refractivity contribution is -0.150. The molecule has 0 saturated heterocycles. The van der Waals surface area contributed by atoms with Gasteiger partial charge in [0.15, 0.2) is 6.04 Å². The van der Waals surface area contributed by atoms with E-state index in [1.807, 2.05) is 6.07 Å². The highest BCUT2D eigenvalue weighted by Crippen LogP contribution is 2.26. The van der Waals surface area contributed by atoms with Gasteiger partial charge in [0.1, 0.15) is 6.10 Å². The van der Waals surface area contributed by atoms with Gasteiger partial charge in [-0.25, -0.2) is 4.79 Å². The fourth-order valence-electron chi connectivity index (χ4n) is 2.78. The first-order valence-electron chi connectivity index (χ1n) is 10.2. The van der Waals surface area contributed by atoms with Crippen LogP contribution in [0.15, 0.2) is 12.1 Å². The number of carbonyl (C=O) groups is 2. The molecule has 0 aromatic carbocycles. The summed E-state index contributed by atoms with van der Waals surface area (Å²) in [6.45, 7) is 5.38. The number of carbonyl (C=O) groups excluding carboxylic acids is 2. The van der Waals surface area contributed by atoms with Crippen LogP contribution in [0.3, 0.4) is 0 Å². The first-order chi connectivity index (χ1) is 13.5. The Kier molecular flexibility index (Phi) is 12.3. The highest BCUT2D eigenvalue weighted by molar-refractivity contribution is 7.12. The number of nitrogens with one attached hydrogen (secondary N) is 1. The largest absolute Gasteiger partial charge is 0.464 e. The summed E-state index contributed by atoms with van der Waals surface area (Å²) in [6, 6.07) is 2.45. The van der Waals surface area contributed by atoms with Crippen LogP contribution in [0, 0.1) is 11.8 Å². The van der Waals surface area contributed by atoms with Gasteiger partial charge in [-0.1, -0.05) is 57.3 Å². The number of aliphatic hydroxyl groups is 1. The summed E-state index contributed by atoms with van der Waals surface area (Å²) in [4.78, 5) is 24.8.